The first-order valence-corrected chi connectivity index (χ1v) is 11.3. The summed E-state index contributed by atoms with van der Waals surface area (Å²) in [5.74, 6) is 0.630. The molecule has 1 aliphatic heterocycles. The maximum absolute atomic E-state index is 15.2. The zero-order chi connectivity index (χ0) is 22.5. The summed E-state index contributed by atoms with van der Waals surface area (Å²) in [6.07, 6.45) is 5.07. The Labute approximate surface area is 188 Å². The number of nitrogens with zero attached hydrogens (tertiary/aromatic N) is 4. The predicted molar refractivity (Wildman–Crippen MR) is 120 cm³/mol. The van der Waals surface area contributed by atoms with E-state index in [1.165, 1.54) is 10.6 Å². The van der Waals surface area contributed by atoms with Crippen molar-refractivity contribution in [1.29, 1.82) is 0 Å². The summed E-state index contributed by atoms with van der Waals surface area (Å²) in [5, 5.41) is 14.5. The van der Waals surface area contributed by atoms with E-state index >= 15 is 4.39 Å². The molecule has 1 saturated heterocycles. The average Bonchev–Trinajstić information content (AvgIpc) is 3.21. The molecule has 0 spiro atoms. The van der Waals surface area contributed by atoms with Crippen molar-refractivity contribution in [3.8, 4) is 16.8 Å². The number of halogens is 1. The van der Waals surface area contributed by atoms with Crippen LogP contribution in [0.25, 0.3) is 27.7 Å². The second kappa shape index (κ2) is 7.68. The summed E-state index contributed by atoms with van der Waals surface area (Å²) in [4.78, 5) is 26.8. The molecule has 0 bridgehead atoms. The van der Waals surface area contributed by atoms with E-state index in [1.807, 2.05) is 23.1 Å². The van der Waals surface area contributed by atoms with Crippen LogP contribution >= 0.6 is 0 Å². The highest BCUT2D eigenvalue weighted by Crippen LogP contribution is 2.33. The molecule has 8 nitrogen and oxygen atoms in total. The molecule has 4 aromatic rings. The van der Waals surface area contributed by atoms with Gasteiger partial charge in [0.05, 0.1) is 17.4 Å². The minimum absolute atomic E-state index is 0.167. The lowest BCUT2D eigenvalue weighted by atomic mass is 10.0. The zero-order valence-corrected chi connectivity index (χ0v) is 17.9. The molecule has 2 fully saturated rings. The van der Waals surface area contributed by atoms with Gasteiger partial charge in [0, 0.05) is 30.8 Å². The van der Waals surface area contributed by atoms with Gasteiger partial charge in [-0.15, -0.1) is 0 Å². The molecule has 33 heavy (non-hydrogen) atoms. The Morgan fingerprint density at radius 3 is 2.73 bits per heavy atom. The van der Waals surface area contributed by atoms with Crippen LogP contribution in [0.1, 0.15) is 25.1 Å². The number of fused-ring (bicyclic) bond motifs is 1. The fraction of sp³-hybridized carbons (Fsp3) is 0.333. The van der Waals surface area contributed by atoms with E-state index in [0.29, 0.717) is 24.4 Å². The number of aromatic amines is 2. The van der Waals surface area contributed by atoms with Gasteiger partial charge in [0.1, 0.15) is 11.6 Å². The summed E-state index contributed by atoms with van der Waals surface area (Å²) in [7, 11) is 0. The second-order valence-corrected chi connectivity index (χ2v) is 9.04. The maximum atomic E-state index is 15.2. The SMILES string of the molecule is O=C(C1CC1)N1CC[C@@H](Cc2n[nH]c(=O)n2-c2ccc(-c3ccc4[nH]ncc4c3)cc2F)C1. The van der Waals surface area contributed by atoms with Crippen LogP contribution in [0.4, 0.5) is 4.39 Å². The topological polar surface area (TPSA) is 99.7 Å². The van der Waals surface area contributed by atoms with Gasteiger partial charge < -0.3 is 4.90 Å². The largest absolute Gasteiger partial charge is 0.348 e. The minimum Gasteiger partial charge on any atom is -0.342 e. The van der Waals surface area contributed by atoms with Gasteiger partial charge in [0.25, 0.3) is 0 Å². The van der Waals surface area contributed by atoms with Gasteiger partial charge in [0.2, 0.25) is 5.91 Å². The van der Waals surface area contributed by atoms with Crippen LogP contribution in [0.15, 0.2) is 47.4 Å². The van der Waals surface area contributed by atoms with Gasteiger partial charge in [-0.25, -0.2) is 18.9 Å². The number of rotatable bonds is 5. The van der Waals surface area contributed by atoms with Crippen LogP contribution in [0.2, 0.25) is 0 Å². The lowest BCUT2D eigenvalue weighted by Gasteiger charge is -2.16. The Bertz CT molecular complexity index is 1420. The number of nitrogens with one attached hydrogen (secondary N) is 2. The summed E-state index contributed by atoms with van der Waals surface area (Å²) >= 11 is 0. The van der Waals surface area contributed by atoms with Crippen LogP contribution < -0.4 is 5.69 Å². The van der Waals surface area contributed by atoms with Crippen molar-refractivity contribution >= 4 is 16.8 Å². The molecule has 3 heterocycles. The normalized spacial score (nSPS) is 18.3. The number of hydrogen-bond donors (Lipinski definition) is 2. The van der Waals surface area contributed by atoms with Crippen molar-refractivity contribution in [2.45, 2.75) is 25.7 Å². The van der Waals surface area contributed by atoms with Crippen LogP contribution in [0.3, 0.4) is 0 Å². The monoisotopic (exact) mass is 446 g/mol. The summed E-state index contributed by atoms with van der Waals surface area (Å²) in [6.45, 7) is 1.40. The van der Waals surface area contributed by atoms with E-state index in [0.717, 1.165) is 42.3 Å². The standard InChI is InChI=1S/C24H23FN6O2/c25-19-11-17(16-3-5-20-18(10-16)12-26-27-20)4-6-21(19)31-22(28-29-24(31)33)9-14-7-8-30(13-14)23(32)15-1-2-15/h3-6,10-12,14-15H,1-2,7-9,13H2,(H,26,27)(H,29,33)/t14-/m0/s1. The zero-order valence-electron chi connectivity index (χ0n) is 17.9. The first kappa shape index (κ1) is 19.9. The Kier molecular flexibility index (Phi) is 4.63. The van der Waals surface area contributed by atoms with Crippen molar-refractivity contribution in [1.82, 2.24) is 29.9 Å². The third-order valence-corrected chi connectivity index (χ3v) is 6.70. The highest BCUT2D eigenvalue weighted by molar-refractivity contribution is 5.84. The van der Waals surface area contributed by atoms with Gasteiger partial charge in [-0.1, -0.05) is 12.1 Å². The van der Waals surface area contributed by atoms with E-state index < -0.39 is 11.5 Å². The third kappa shape index (κ3) is 3.63. The average molecular weight is 446 g/mol. The molecule has 2 N–H and O–H groups in total. The second-order valence-electron chi connectivity index (χ2n) is 9.04. The van der Waals surface area contributed by atoms with Gasteiger partial charge in [0.15, 0.2) is 0 Å². The molecule has 1 atom stereocenters. The Morgan fingerprint density at radius 1 is 1.09 bits per heavy atom. The predicted octanol–water partition coefficient (Wildman–Crippen LogP) is 3.04. The van der Waals surface area contributed by atoms with Crippen LogP contribution in [-0.4, -0.2) is 48.9 Å². The van der Waals surface area contributed by atoms with Crippen molar-refractivity contribution < 1.29 is 9.18 Å². The molecule has 1 amide bonds. The molecular formula is C24H23FN6O2. The van der Waals surface area contributed by atoms with Crippen molar-refractivity contribution in [2.24, 2.45) is 11.8 Å². The van der Waals surface area contributed by atoms with E-state index in [2.05, 4.69) is 20.4 Å². The number of likely N-dealkylation sites (tertiary alicyclic amines) is 1. The number of hydrogen-bond acceptors (Lipinski definition) is 4. The highest BCUT2D eigenvalue weighted by atomic mass is 19.1. The Balaban J connectivity index is 1.26. The number of aromatic nitrogens is 5. The van der Waals surface area contributed by atoms with E-state index in [9.17, 15) is 9.59 Å². The quantitative estimate of drug-likeness (QED) is 0.492. The van der Waals surface area contributed by atoms with Gasteiger partial charge in [-0.05, 0) is 60.6 Å². The molecule has 6 rings (SSSR count). The van der Waals surface area contributed by atoms with Crippen molar-refractivity contribution in [2.75, 3.05) is 13.1 Å². The van der Waals surface area contributed by atoms with Crippen LogP contribution in [-0.2, 0) is 11.2 Å². The molecule has 2 aliphatic rings. The summed E-state index contributed by atoms with van der Waals surface area (Å²) in [6, 6.07) is 10.6. The fourth-order valence-electron chi connectivity index (χ4n) is 4.75. The maximum Gasteiger partial charge on any atom is 0.348 e. The molecule has 1 aliphatic carbocycles. The van der Waals surface area contributed by atoms with Gasteiger partial charge >= 0.3 is 5.69 Å². The molecule has 168 valence electrons. The molecule has 9 heteroatoms. The molecule has 2 aromatic carbocycles. The molecule has 2 aromatic heterocycles. The van der Waals surface area contributed by atoms with Crippen LogP contribution in [0.5, 0.6) is 0 Å². The first-order chi connectivity index (χ1) is 16.1. The Morgan fingerprint density at radius 2 is 1.91 bits per heavy atom. The Hall–Kier alpha value is -3.75. The molecule has 0 radical (unpaired) electrons. The van der Waals surface area contributed by atoms with E-state index in [-0.39, 0.29) is 23.4 Å². The van der Waals surface area contributed by atoms with Gasteiger partial charge in [-0.3, -0.25) is 9.89 Å². The smallest absolute Gasteiger partial charge is 0.342 e. The number of carbonyl (C=O) groups excluding carboxylic acids is 1. The number of benzene rings is 2. The number of carbonyl (C=O) groups is 1. The van der Waals surface area contributed by atoms with E-state index in [1.54, 1.807) is 18.3 Å². The first-order valence-electron chi connectivity index (χ1n) is 11.3. The van der Waals surface area contributed by atoms with Crippen LogP contribution in [0, 0.1) is 17.7 Å². The summed E-state index contributed by atoms with van der Waals surface area (Å²) in [5.41, 5.74) is 2.18. The molecular weight excluding hydrogens is 423 g/mol. The number of H-pyrrole nitrogens is 2. The molecule has 1 saturated carbocycles. The third-order valence-electron chi connectivity index (χ3n) is 6.70. The summed E-state index contributed by atoms with van der Waals surface area (Å²) < 4.78 is 16.5. The molecule has 0 unspecified atom stereocenters. The highest BCUT2D eigenvalue weighted by Gasteiger charge is 2.37. The van der Waals surface area contributed by atoms with Gasteiger partial charge in [-0.2, -0.15) is 10.2 Å². The lowest BCUT2D eigenvalue weighted by molar-refractivity contribution is -0.131. The number of amides is 1. The fourth-order valence-corrected chi connectivity index (χ4v) is 4.75. The van der Waals surface area contributed by atoms with Crippen molar-refractivity contribution in [3.63, 3.8) is 0 Å². The van der Waals surface area contributed by atoms with Crippen molar-refractivity contribution in [3.05, 3.63) is 64.7 Å². The minimum atomic E-state index is -0.499. The van der Waals surface area contributed by atoms with E-state index in [4.69, 9.17) is 0 Å². The lowest BCUT2D eigenvalue weighted by Crippen LogP contribution is -2.30.